The summed E-state index contributed by atoms with van der Waals surface area (Å²) in [6.07, 6.45) is 1.59. The Hall–Kier alpha value is -1.38. The summed E-state index contributed by atoms with van der Waals surface area (Å²) in [6.45, 7) is 2.02. The van der Waals surface area contributed by atoms with E-state index in [9.17, 15) is 9.18 Å². The summed E-state index contributed by atoms with van der Waals surface area (Å²) in [5, 5.41) is 0. The van der Waals surface area contributed by atoms with Crippen LogP contribution in [0.1, 0.15) is 25.3 Å². The zero-order valence-corrected chi connectivity index (χ0v) is 9.50. The first-order chi connectivity index (χ1) is 7.64. The largest absolute Gasteiger partial charge is 0.469 e. The predicted octanol–water partition coefficient (Wildman–Crippen LogP) is 2.67. The van der Waals surface area contributed by atoms with E-state index in [0.717, 1.165) is 18.4 Å². The van der Waals surface area contributed by atoms with Crippen molar-refractivity contribution in [1.82, 2.24) is 0 Å². The first kappa shape index (κ1) is 11.1. The fraction of sp³-hybridized carbons (Fsp3) is 0.462. The molecular formula is C13H15FO2. The zero-order valence-electron chi connectivity index (χ0n) is 9.50. The fourth-order valence-corrected chi connectivity index (χ4v) is 2.47. The van der Waals surface area contributed by atoms with E-state index in [1.165, 1.54) is 19.2 Å². The number of benzene rings is 1. The smallest absolute Gasteiger partial charge is 0.309 e. The second-order valence-electron chi connectivity index (χ2n) is 4.30. The SMILES string of the molecule is CC[C@@]1(c2cccc(F)c2)C[C@@H]1C(=O)OC. The average molecular weight is 222 g/mol. The molecule has 0 saturated heterocycles. The van der Waals surface area contributed by atoms with E-state index in [2.05, 4.69) is 0 Å². The average Bonchev–Trinajstić information content (AvgIpc) is 3.04. The predicted molar refractivity (Wildman–Crippen MR) is 58.5 cm³/mol. The number of ether oxygens (including phenoxy) is 1. The second kappa shape index (κ2) is 3.89. The minimum Gasteiger partial charge on any atom is -0.469 e. The van der Waals surface area contributed by atoms with Crippen molar-refractivity contribution in [3.63, 3.8) is 0 Å². The number of carbonyl (C=O) groups is 1. The molecule has 1 fully saturated rings. The number of carbonyl (C=O) groups excluding carboxylic acids is 1. The van der Waals surface area contributed by atoms with Crippen molar-refractivity contribution in [1.29, 1.82) is 0 Å². The van der Waals surface area contributed by atoms with Gasteiger partial charge in [-0.15, -0.1) is 0 Å². The standard InChI is InChI=1S/C13H15FO2/c1-3-13(8-11(13)12(15)16-2)9-5-4-6-10(14)7-9/h4-7,11H,3,8H2,1-2H3/t11-,13+/m1/s1. The van der Waals surface area contributed by atoms with E-state index >= 15 is 0 Å². The summed E-state index contributed by atoms with van der Waals surface area (Å²) in [4.78, 5) is 11.5. The van der Waals surface area contributed by atoms with Crippen LogP contribution in [0.4, 0.5) is 4.39 Å². The van der Waals surface area contributed by atoms with Crippen LogP contribution in [-0.2, 0) is 14.9 Å². The topological polar surface area (TPSA) is 26.3 Å². The molecule has 1 saturated carbocycles. The molecule has 0 heterocycles. The van der Waals surface area contributed by atoms with E-state index < -0.39 is 0 Å². The van der Waals surface area contributed by atoms with E-state index in [0.29, 0.717) is 0 Å². The molecule has 0 radical (unpaired) electrons. The molecule has 2 nitrogen and oxygen atoms in total. The Morgan fingerprint density at radius 3 is 2.94 bits per heavy atom. The highest BCUT2D eigenvalue weighted by atomic mass is 19.1. The lowest BCUT2D eigenvalue weighted by Crippen LogP contribution is -2.15. The van der Waals surface area contributed by atoms with Gasteiger partial charge in [-0.2, -0.15) is 0 Å². The van der Waals surface area contributed by atoms with Gasteiger partial charge < -0.3 is 4.74 Å². The summed E-state index contributed by atoms with van der Waals surface area (Å²) < 4.78 is 17.9. The molecule has 0 amide bonds. The van der Waals surface area contributed by atoms with Gasteiger partial charge >= 0.3 is 5.97 Å². The van der Waals surface area contributed by atoms with Crippen LogP contribution < -0.4 is 0 Å². The first-order valence-electron chi connectivity index (χ1n) is 5.48. The number of rotatable bonds is 3. The Bertz CT molecular complexity index is 416. The van der Waals surface area contributed by atoms with Crippen molar-refractivity contribution in [2.45, 2.75) is 25.2 Å². The molecule has 0 N–H and O–H groups in total. The van der Waals surface area contributed by atoms with Crippen LogP contribution in [0.2, 0.25) is 0 Å². The van der Waals surface area contributed by atoms with Crippen molar-refractivity contribution in [2.75, 3.05) is 7.11 Å². The van der Waals surface area contributed by atoms with Gasteiger partial charge in [-0.1, -0.05) is 19.1 Å². The van der Waals surface area contributed by atoms with Crippen molar-refractivity contribution in [2.24, 2.45) is 5.92 Å². The molecule has 0 bridgehead atoms. The van der Waals surface area contributed by atoms with Crippen molar-refractivity contribution < 1.29 is 13.9 Å². The maximum Gasteiger partial charge on any atom is 0.309 e. The third-order valence-electron chi connectivity index (χ3n) is 3.59. The molecule has 16 heavy (non-hydrogen) atoms. The van der Waals surface area contributed by atoms with E-state index in [1.807, 2.05) is 13.0 Å². The quantitative estimate of drug-likeness (QED) is 0.735. The molecule has 0 spiro atoms. The summed E-state index contributed by atoms with van der Waals surface area (Å²) in [5.41, 5.74) is 0.709. The van der Waals surface area contributed by atoms with Gasteiger partial charge in [-0.05, 0) is 30.5 Å². The first-order valence-corrected chi connectivity index (χ1v) is 5.48. The van der Waals surface area contributed by atoms with Crippen molar-refractivity contribution in [3.05, 3.63) is 35.6 Å². The van der Waals surface area contributed by atoms with Crippen LogP contribution in [0.25, 0.3) is 0 Å². The number of esters is 1. The Morgan fingerprint density at radius 2 is 2.38 bits per heavy atom. The lowest BCUT2D eigenvalue weighted by Gasteiger charge is -2.14. The molecule has 0 aliphatic heterocycles. The number of hydrogen-bond donors (Lipinski definition) is 0. The number of methoxy groups -OCH3 is 1. The summed E-state index contributed by atoms with van der Waals surface area (Å²) in [7, 11) is 1.40. The summed E-state index contributed by atoms with van der Waals surface area (Å²) >= 11 is 0. The third-order valence-corrected chi connectivity index (χ3v) is 3.59. The van der Waals surface area contributed by atoms with Crippen LogP contribution in [-0.4, -0.2) is 13.1 Å². The summed E-state index contributed by atoms with van der Waals surface area (Å²) in [6, 6.07) is 6.51. The molecule has 0 aromatic heterocycles. The molecule has 86 valence electrons. The minimum absolute atomic E-state index is 0.107. The molecule has 1 aliphatic rings. The van der Waals surface area contributed by atoms with Gasteiger partial charge in [0.1, 0.15) is 5.82 Å². The lowest BCUT2D eigenvalue weighted by atomic mass is 9.90. The minimum atomic E-state index is -0.249. The van der Waals surface area contributed by atoms with E-state index in [4.69, 9.17) is 4.74 Å². The Labute approximate surface area is 94.4 Å². The Kier molecular flexibility index (Phi) is 2.70. The van der Waals surface area contributed by atoms with Gasteiger partial charge in [-0.3, -0.25) is 4.79 Å². The molecule has 3 heteroatoms. The summed E-state index contributed by atoms with van der Waals surface area (Å²) in [5.74, 6) is -0.545. The Morgan fingerprint density at radius 1 is 1.62 bits per heavy atom. The van der Waals surface area contributed by atoms with Crippen LogP contribution in [0.3, 0.4) is 0 Å². The van der Waals surface area contributed by atoms with Gasteiger partial charge in [-0.25, -0.2) is 4.39 Å². The van der Waals surface area contributed by atoms with Gasteiger partial charge in [0, 0.05) is 5.41 Å². The van der Waals surface area contributed by atoms with Crippen molar-refractivity contribution >= 4 is 5.97 Å². The monoisotopic (exact) mass is 222 g/mol. The lowest BCUT2D eigenvalue weighted by molar-refractivity contribution is -0.142. The highest BCUT2D eigenvalue weighted by molar-refractivity contribution is 5.79. The van der Waals surface area contributed by atoms with Crippen LogP contribution in [0.15, 0.2) is 24.3 Å². The molecule has 1 aromatic carbocycles. The van der Waals surface area contributed by atoms with Gasteiger partial charge in [0.05, 0.1) is 13.0 Å². The molecule has 2 atom stereocenters. The van der Waals surface area contributed by atoms with Gasteiger partial charge in [0.25, 0.3) is 0 Å². The van der Waals surface area contributed by atoms with E-state index in [1.54, 1.807) is 6.07 Å². The highest BCUT2D eigenvalue weighted by Crippen LogP contribution is 2.57. The normalized spacial score (nSPS) is 27.6. The highest BCUT2D eigenvalue weighted by Gasteiger charge is 2.58. The van der Waals surface area contributed by atoms with Crippen LogP contribution in [0.5, 0.6) is 0 Å². The van der Waals surface area contributed by atoms with Gasteiger partial charge in [0.15, 0.2) is 0 Å². The molecule has 1 aromatic rings. The molecule has 2 rings (SSSR count). The van der Waals surface area contributed by atoms with E-state index in [-0.39, 0.29) is 23.1 Å². The number of halogens is 1. The Balaban J connectivity index is 2.29. The second-order valence-corrected chi connectivity index (χ2v) is 4.30. The van der Waals surface area contributed by atoms with Crippen molar-refractivity contribution in [3.8, 4) is 0 Å². The van der Waals surface area contributed by atoms with Crippen LogP contribution >= 0.6 is 0 Å². The molecular weight excluding hydrogens is 207 g/mol. The maximum absolute atomic E-state index is 13.2. The maximum atomic E-state index is 13.2. The zero-order chi connectivity index (χ0) is 11.8. The van der Waals surface area contributed by atoms with Gasteiger partial charge in [0.2, 0.25) is 0 Å². The molecule has 0 unspecified atom stereocenters. The molecule has 1 aliphatic carbocycles. The fourth-order valence-electron chi connectivity index (χ4n) is 2.47. The van der Waals surface area contributed by atoms with Crippen LogP contribution in [0, 0.1) is 11.7 Å². The number of hydrogen-bond acceptors (Lipinski definition) is 2. The third kappa shape index (κ3) is 1.60.